The van der Waals surface area contributed by atoms with Crippen LogP contribution in [0.1, 0.15) is 0 Å². The Balaban J connectivity index is 1.73. The molecule has 1 heterocycles. The van der Waals surface area contributed by atoms with Crippen LogP contribution < -0.4 is 10.6 Å². The van der Waals surface area contributed by atoms with Crippen molar-refractivity contribution in [2.45, 2.75) is 6.54 Å². The fourth-order valence-corrected chi connectivity index (χ4v) is 1.79. The molecular weight excluding hydrogens is 343 g/mol. The fraction of sp³-hybridized carbons (Fsp3) is 0.167. The molecule has 0 aliphatic heterocycles. The van der Waals surface area contributed by atoms with Crippen LogP contribution in [-0.4, -0.2) is 22.1 Å². The van der Waals surface area contributed by atoms with Crippen LogP contribution in [0.2, 0.25) is 0 Å². The number of halogens is 1. The summed E-state index contributed by atoms with van der Waals surface area (Å²) in [6.45, 7) is 1.27. The van der Waals surface area contributed by atoms with E-state index in [1.165, 1.54) is 0 Å². The van der Waals surface area contributed by atoms with E-state index < -0.39 is 0 Å². The number of nitrogens with zero attached hydrogens (tertiary/aromatic N) is 2. The van der Waals surface area contributed by atoms with E-state index in [9.17, 15) is 4.79 Å². The molecule has 0 aliphatic rings. The zero-order chi connectivity index (χ0) is 12.8. The second-order valence-electron chi connectivity index (χ2n) is 3.69. The molecule has 2 aromatic rings. The first-order valence-corrected chi connectivity index (χ1v) is 6.58. The summed E-state index contributed by atoms with van der Waals surface area (Å²) in [5.74, 6) is 0. The Kier molecular flexibility index (Phi) is 4.57. The quantitative estimate of drug-likeness (QED) is 0.826. The Morgan fingerprint density at radius 2 is 2.11 bits per heavy atom. The lowest BCUT2D eigenvalue weighted by Crippen LogP contribution is -2.31. The molecule has 6 heteroatoms. The fourth-order valence-electron chi connectivity index (χ4n) is 1.43. The molecule has 94 valence electrons. The Bertz CT molecular complexity index is 495. The van der Waals surface area contributed by atoms with Crippen LogP contribution in [-0.2, 0) is 6.54 Å². The number of amides is 2. The SMILES string of the molecule is O=C(NCCn1ccnc1)Nc1ccc(I)cc1. The highest BCUT2D eigenvalue weighted by molar-refractivity contribution is 14.1. The third kappa shape index (κ3) is 4.02. The number of aromatic nitrogens is 2. The average Bonchev–Trinajstić information content (AvgIpc) is 2.85. The van der Waals surface area contributed by atoms with Crippen molar-refractivity contribution in [1.29, 1.82) is 0 Å². The van der Waals surface area contributed by atoms with Gasteiger partial charge in [-0.15, -0.1) is 0 Å². The standard InChI is InChI=1S/C12H13IN4O/c13-10-1-3-11(4-2-10)16-12(18)15-6-8-17-7-5-14-9-17/h1-5,7,9H,6,8H2,(H2,15,16,18). The molecule has 18 heavy (non-hydrogen) atoms. The predicted octanol–water partition coefficient (Wildman–Crippen LogP) is 2.31. The van der Waals surface area contributed by atoms with Gasteiger partial charge in [0.1, 0.15) is 0 Å². The second-order valence-corrected chi connectivity index (χ2v) is 4.93. The Hall–Kier alpha value is -1.57. The minimum atomic E-state index is -0.198. The Morgan fingerprint density at radius 1 is 1.33 bits per heavy atom. The van der Waals surface area contributed by atoms with Crippen LogP contribution in [0.5, 0.6) is 0 Å². The molecule has 0 atom stereocenters. The van der Waals surface area contributed by atoms with E-state index in [-0.39, 0.29) is 6.03 Å². The summed E-state index contributed by atoms with van der Waals surface area (Å²) in [7, 11) is 0. The number of hydrogen-bond donors (Lipinski definition) is 2. The minimum Gasteiger partial charge on any atom is -0.336 e. The Labute approximate surface area is 119 Å². The highest BCUT2D eigenvalue weighted by atomic mass is 127. The molecule has 2 rings (SSSR count). The molecule has 2 N–H and O–H groups in total. The molecule has 0 fully saturated rings. The summed E-state index contributed by atoms with van der Waals surface area (Å²) in [5.41, 5.74) is 0.788. The van der Waals surface area contributed by atoms with E-state index in [0.29, 0.717) is 13.1 Å². The van der Waals surface area contributed by atoms with Gasteiger partial charge in [0.15, 0.2) is 0 Å². The van der Waals surface area contributed by atoms with Crippen molar-refractivity contribution in [3.05, 3.63) is 46.6 Å². The maximum atomic E-state index is 11.6. The average molecular weight is 356 g/mol. The number of carbonyl (C=O) groups excluding carboxylic acids is 1. The number of nitrogens with one attached hydrogen (secondary N) is 2. The van der Waals surface area contributed by atoms with Crippen molar-refractivity contribution in [3.63, 3.8) is 0 Å². The molecule has 0 unspecified atom stereocenters. The van der Waals surface area contributed by atoms with Crippen molar-refractivity contribution < 1.29 is 4.79 Å². The highest BCUT2D eigenvalue weighted by Crippen LogP contribution is 2.10. The molecule has 0 radical (unpaired) electrons. The third-order valence-corrected chi connectivity index (χ3v) is 3.04. The first-order valence-electron chi connectivity index (χ1n) is 5.50. The predicted molar refractivity (Wildman–Crippen MR) is 78.4 cm³/mol. The van der Waals surface area contributed by atoms with Gasteiger partial charge in [-0.25, -0.2) is 9.78 Å². The summed E-state index contributed by atoms with van der Waals surface area (Å²) in [6.07, 6.45) is 5.29. The molecule has 1 aromatic heterocycles. The van der Waals surface area contributed by atoms with E-state index in [0.717, 1.165) is 9.26 Å². The molecular formula is C12H13IN4O. The van der Waals surface area contributed by atoms with Gasteiger partial charge in [-0.3, -0.25) is 0 Å². The van der Waals surface area contributed by atoms with Crippen molar-refractivity contribution in [1.82, 2.24) is 14.9 Å². The molecule has 0 saturated carbocycles. The lowest BCUT2D eigenvalue weighted by molar-refractivity contribution is 0.251. The van der Waals surface area contributed by atoms with Gasteiger partial charge in [-0.05, 0) is 46.9 Å². The smallest absolute Gasteiger partial charge is 0.319 e. The first-order chi connectivity index (χ1) is 8.74. The van der Waals surface area contributed by atoms with E-state index >= 15 is 0 Å². The van der Waals surface area contributed by atoms with E-state index in [2.05, 4.69) is 38.2 Å². The normalized spacial score (nSPS) is 10.1. The summed E-state index contributed by atoms with van der Waals surface area (Å²) < 4.78 is 3.05. The number of carbonyl (C=O) groups is 1. The van der Waals surface area contributed by atoms with Gasteiger partial charge < -0.3 is 15.2 Å². The highest BCUT2D eigenvalue weighted by Gasteiger charge is 2.00. The van der Waals surface area contributed by atoms with E-state index in [4.69, 9.17) is 0 Å². The lowest BCUT2D eigenvalue weighted by Gasteiger charge is -2.08. The summed E-state index contributed by atoms with van der Waals surface area (Å²) in [5, 5.41) is 5.55. The molecule has 5 nitrogen and oxygen atoms in total. The van der Waals surface area contributed by atoms with Crippen LogP contribution in [0.15, 0.2) is 43.0 Å². The number of anilines is 1. The zero-order valence-electron chi connectivity index (χ0n) is 9.64. The van der Waals surface area contributed by atoms with Crippen molar-refractivity contribution in [3.8, 4) is 0 Å². The molecule has 0 saturated heterocycles. The van der Waals surface area contributed by atoms with E-state index in [1.807, 2.05) is 35.0 Å². The first kappa shape index (κ1) is 12.9. The number of rotatable bonds is 4. The number of hydrogen-bond acceptors (Lipinski definition) is 2. The maximum absolute atomic E-state index is 11.6. The van der Waals surface area contributed by atoms with Crippen molar-refractivity contribution >= 4 is 34.3 Å². The van der Waals surface area contributed by atoms with Gasteiger partial charge in [-0.2, -0.15) is 0 Å². The summed E-state index contributed by atoms with van der Waals surface area (Å²) >= 11 is 2.22. The second kappa shape index (κ2) is 6.39. The molecule has 0 aliphatic carbocycles. The van der Waals surface area contributed by atoms with Gasteiger partial charge in [-0.1, -0.05) is 0 Å². The van der Waals surface area contributed by atoms with Gasteiger partial charge >= 0.3 is 6.03 Å². The van der Waals surface area contributed by atoms with Gasteiger partial charge in [0, 0.05) is 34.7 Å². The lowest BCUT2D eigenvalue weighted by atomic mass is 10.3. The van der Waals surface area contributed by atoms with Crippen LogP contribution in [0.4, 0.5) is 10.5 Å². The van der Waals surface area contributed by atoms with Gasteiger partial charge in [0.2, 0.25) is 0 Å². The van der Waals surface area contributed by atoms with Crippen LogP contribution in [0.25, 0.3) is 0 Å². The third-order valence-electron chi connectivity index (χ3n) is 2.32. The number of benzene rings is 1. The number of imidazole rings is 1. The Morgan fingerprint density at radius 3 is 2.78 bits per heavy atom. The molecule has 0 spiro atoms. The van der Waals surface area contributed by atoms with Crippen LogP contribution in [0.3, 0.4) is 0 Å². The topological polar surface area (TPSA) is 59.0 Å². The van der Waals surface area contributed by atoms with E-state index in [1.54, 1.807) is 12.5 Å². The van der Waals surface area contributed by atoms with Gasteiger partial charge in [0.25, 0.3) is 0 Å². The van der Waals surface area contributed by atoms with Crippen LogP contribution >= 0.6 is 22.6 Å². The van der Waals surface area contributed by atoms with Gasteiger partial charge in [0.05, 0.1) is 6.33 Å². The minimum absolute atomic E-state index is 0.198. The largest absolute Gasteiger partial charge is 0.336 e. The molecule has 0 bridgehead atoms. The van der Waals surface area contributed by atoms with Crippen LogP contribution in [0, 0.1) is 3.57 Å². The maximum Gasteiger partial charge on any atom is 0.319 e. The van der Waals surface area contributed by atoms with Crippen molar-refractivity contribution in [2.24, 2.45) is 0 Å². The molecule has 2 amide bonds. The summed E-state index contributed by atoms with van der Waals surface area (Å²) in [6, 6.07) is 7.44. The number of urea groups is 1. The molecule has 1 aromatic carbocycles. The monoisotopic (exact) mass is 356 g/mol. The zero-order valence-corrected chi connectivity index (χ0v) is 11.8. The summed E-state index contributed by atoms with van der Waals surface area (Å²) in [4.78, 5) is 15.5. The van der Waals surface area contributed by atoms with Crippen molar-refractivity contribution in [2.75, 3.05) is 11.9 Å².